The first-order valence-corrected chi connectivity index (χ1v) is 8.32. The molecule has 2 heterocycles. The minimum absolute atomic E-state index is 0.214. The molecule has 0 fully saturated rings. The molecule has 3 rings (SSSR count). The van der Waals surface area contributed by atoms with Crippen LogP contribution in [-0.4, -0.2) is 26.8 Å². The van der Waals surface area contributed by atoms with Crippen LogP contribution >= 0.6 is 0 Å². The maximum absolute atomic E-state index is 11.8. The molecule has 134 valence electrons. The number of nitrogens with zero attached hydrogens (tertiary/aromatic N) is 2. The molecule has 26 heavy (non-hydrogen) atoms. The Morgan fingerprint density at radius 1 is 1.15 bits per heavy atom. The second kappa shape index (κ2) is 7.00. The smallest absolute Gasteiger partial charge is 0.407 e. The van der Waals surface area contributed by atoms with Crippen LogP contribution in [0, 0.1) is 0 Å². The molecule has 0 aliphatic rings. The summed E-state index contributed by atoms with van der Waals surface area (Å²) in [6.45, 7) is 5.72. The molecule has 1 amide bonds. The molecule has 6 heteroatoms. The van der Waals surface area contributed by atoms with E-state index in [0.717, 1.165) is 22.2 Å². The number of hydrogen-bond acceptors (Lipinski definition) is 5. The van der Waals surface area contributed by atoms with E-state index >= 15 is 0 Å². The minimum atomic E-state index is -0.539. The summed E-state index contributed by atoms with van der Waals surface area (Å²) in [5, 5.41) is 13.1. The van der Waals surface area contributed by atoms with E-state index in [1.54, 1.807) is 24.4 Å². The highest BCUT2D eigenvalue weighted by Crippen LogP contribution is 2.23. The highest BCUT2D eigenvalue weighted by molar-refractivity contribution is 5.82. The molecule has 0 bridgehead atoms. The van der Waals surface area contributed by atoms with Gasteiger partial charge in [-0.3, -0.25) is 4.98 Å². The number of hydrogen-bond donors (Lipinski definition) is 2. The van der Waals surface area contributed by atoms with E-state index in [2.05, 4.69) is 15.3 Å². The monoisotopic (exact) mass is 351 g/mol. The van der Waals surface area contributed by atoms with Crippen LogP contribution in [0.25, 0.3) is 22.2 Å². The van der Waals surface area contributed by atoms with Crippen LogP contribution in [0.1, 0.15) is 26.5 Å². The Morgan fingerprint density at radius 2 is 1.96 bits per heavy atom. The number of alkyl carbamates (subject to hydrolysis) is 1. The highest BCUT2D eigenvalue weighted by Gasteiger charge is 2.16. The van der Waals surface area contributed by atoms with Crippen molar-refractivity contribution in [3.63, 3.8) is 0 Å². The van der Waals surface area contributed by atoms with Gasteiger partial charge >= 0.3 is 6.09 Å². The number of carbonyl (C=O) groups is 1. The van der Waals surface area contributed by atoms with E-state index in [1.807, 2.05) is 45.0 Å². The molecule has 0 unspecified atom stereocenters. The van der Waals surface area contributed by atoms with Gasteiger partial charge in [-0.25, -0.2) is 9.78 Å². The van der Waals surface area contributed by atoms with Crippen molar-refractivity contribution in [1.82, 2.24) is 15.3 Å². The number of phenols is 1. The fourth-order valence-corrected chi connectivity index (χ4v) is 2.48. The molecular formula is C20H21N3O3. The zero-order valence-corrected chi connectivity index (χ0v) is 15.0. The molecule has 0 aliphatic carbocycles. The third-order valence-corrected chi connectivity index (χ3v) is 3.60. The third-order valence-electron chi connectivity index (χ3n) is 3.60. The summed E-state index contributed by atoms with van der Waals surface area (Å²) in [4.78, 5) is 20.7. The summed E-state index contributed by atoms with van der Waals surface area (Å²) in [5.41, 5.74) is 2.66. The van der Waals surface area contributed by atoms with Gasteiger partial charge in [-0.15, -0.1) is 0 Å². The predicted octanol–water partition coefficient (Wildman–Crippen LogP) is 4.03. The van der Waals surface area contributed by atoms with Crippen LogP contribution in [-0.2, 0) is 11.3 Å². The summed E-state index contributed by atoms with van der Waals surface area (Å²) in [6, 6.07) is 12.6. The standard InChI is InChI=1S/C20H21N3O3/c1-20(2,3)26-19(25)22-12-15-10-14(8-9-21-15)17-6-4-13-11-16(24)5-7-18(13)23-17/h4-11,24H,12H2,1-3H3,(H,22,25). The van der Waals surface area contributed by atoms with Gasteiger partial charge in [-0.1, -0.05) is 6.07 Å². The molecule has 2 aromatic heterocycles. The first kappa shape index (κ1) is 17.7. The first-order chi connectivity index (χ1) is 12.3. The Balaban J connectivity index is 1.77. The molecule has 2 N–H and O–H groups in total. The van der Waals surface area contributed by atoms with Gasteiger partial charge in [-0.05, 0) is 57.2 Å². The largest absolute Gasteiger partial charge is 0.508 e. The Hall–Kier alpha value is -3.15. The lowest BCUT2D eigenvalue weighted by molar-refractivity contribution is 0.0523. The van der Waals surface area contributed by atoms with Crippen molar-refractivity contribution in [1.29, 1.82) is 0 Å². The lowest BCUT2D eigenvalue weighted by Gasteiger charge is -2.19. The normalized spacial score (nSPS) is 11.3. The van der Waals surface area contributed by atoms with Crippen LogP contribution in [0.15, 0.2) is 48.7 Å². The van der Waals surface area contributed by atoms with E-state index in [0.29, 0.717) is 5.69 Å². The quantitative estimate of drug-likeness (QED) is 0.744. The molecule has 0 saturated carbocycles. The summed E-state index contributed by atoms with van der Waals surface area (Å²) < 4.78 is 5.22. The lowest BCUT2D eigenvalue weighted by atomic mass is 10.1. The number of ether oxygens (including phenoxy) is 1. The minimum Gasteiger partial charge on any atom is -0.508 e. The van der Waals surface area contributed by atoms with Crippen molar-refractivity contribution in [2.75, 3.05) is 0 Å². The molecule has 0 spiro atoms. The fourth-order valence-electron chi connectivity index (χ4n) is 2.48. The number of aromatic hydroxyl groups is 1. The second-order valence-electron chi connectivity index (χ2n) is 6.96. The van der Waals surface area contributed by atoms with Gasteiger partial charge in [0.15, 0.2) is 0 Å². The molecule has 0 saturated heterocycles. The van der Waals surface area contributed by atoms with Crippen molar-refractivity contribution in [2.24, 2.45) is 0 Å². The fraction of sp³-hybridized carbons (Fsp3) is 0.250. The predicted molar refractivity (Wildman–Crippen MR) is 99.7 cm³/mol. The van der Waals surface area contributed by atoms with Crippen LogP contribution in [0.3, 0.4) is 0 Å². The number of amides is 1. The second-order valence-corrected chi connectivity index (χ2v) is 6.96. The average molecular weight is 351 g/mol. The van der Waals surface area contributed by atoms with Crippen LogP contribution < -0.4 is 5.32 Å². The van der Waals surface area contributed by atoms with Crippen LogP contribution in [0.2, 0.25) is 0 Å². The third kappa shape index (κ3) is 4.47. The van der Waals surface area contributed by atoms with E-state index < -0.39 is 11.7 Å². The molecule has 0 aliphatic heterocycles. The number of nitrogens with one attached hydrogen (secondary N) is 1. The van der Waals surface area contributed by atoms with Crippen molar-refractivity contribution in [3.05, 3.63) is 54.4 Å². The van der Waals surface area contributed by atoms with Gasteiger partial charge in [-0.2, -0.15) is 0 Å². The number of benzene rings is 1. The van der Waals surface area contributed by atoms with Gasteiger partial charge in [0.2, 0.25) is 0 Å². The lowest BCUT2D eigenvalue weighted by Crippen LogP contribution is -2.32. The summed E-state index contributed by atoms with van der Waals surface area (Å²) in [6.07, 6.45) is 1.21. The van der Waals surface area contributed by atoms with E-state index in [-0.39, 0.29) is 12.3 Å². The van der Waals surface area contributed by atoms with Crippen molar-refractivity contribution in [2.45, 2.75) is 32.9 Å². The maximum Gasteiger partial charge on any atom is 0.407 e. The van der Waals surface area contributed by atoms with Gasteiger partial charge in [0.1, 0.15) is 11.4 Å². The van der Waals surface area contributed by atoms with Crippen molar-refractivity contribution < 1.29 is 14.6 Å². The highest BCUT2D eigenvalue weighted by atomic mass is 16.6. The van der Waals surface area contributed by atoms with E-state index in [9.17, 15) is 9.90 Å². The molecular weight excluding hydrogens is 330 g/mol. The van der Waals surface area contributed by atoms with E-state index in [1.165, 1.54) is 0 Å². The SMILES string of the molecule is CC(C)(C)OC(=O)NCc1cc(-c2ccc3cc(O)ccc3n2)ccn1. The Kier molecular flexibility index (Phi) is 4.75. The summed E-state index contributed by atoms with van der Waals surface area (Å²) in [5.74, 6) is 0.214. The van der Waals surface area contributed by atoms with E-state index in [4.69, 9.17) is 4.74 Å². The molecule has 6 nitrogen and oxygen atoms in total. The van der Waals surface area contributed by atoms with Gasteiger partial charge in [0.25, 0.3) is 0 Å². The van der Waals surface area contributed by atoms with Crippen LogP contribution in [0.5, 0.6) is 5.75 Å². The maximum atomic E-state index is 11.8. The molecule has 1 aromatic carbocycles. The Morgan fingerprint density at radius 3 is 2.73 bits per heavy atom. The number of pyridine rings is 2. The Bertz CT molecular complexity index is 948. The topological polar surface area (TPSA) is 84.3 Å². The zero-order chi connectivity index (χ0) is 18.7. The summed E-state index contributed by atoms with van der Waals surface area (Å²) in [7, 11) is 0. The van der Waals surface area contributed by atoms with Gasteiger partial charge < -0.3 is 15.2 Å². The summed E-state index contributed by atoms with van der Waals surface area (Å²) >= 11 is 0. The number of fused-ring (bicyclic) bond motifs is 1. The molecule has 0 atom stereocenters. The molecule has 3 aromatic rings. The number of rotatable bonds is 3. The van der Waals surface area contributed by atoms with Crippen molar-refractivity contribution in [3.8, 4) is 17.0 Å². The zero-order valence-electron chi connectivity index (χ0n) is 15.0. The van der Waals surface area contributed by atoms with Gasteiger partial charge in [0.05, 0.1) is 23.4 Å². The number of phenolic OH excluding ortho intramolecular Hbond substituents is 1. The van der Waals surface area contributed by atoms with Crippen molar-refractivity contribution >= 4 is 17.0 Å². The van der Waals surface area contributed by atoms with Gasteiger partial charge in [0, 0.05) is 17.1 Å². The first-order valence-electron chi connectivity index (χ1n) is 8.32. The van der Waals surface area contributed by atoms with Crippen LogP contribution in [0.4, 0.5) is 4.79 Å². The molecule has 0 radical (unpaired) electrons. The number of aromatic nitrogens is 2. The number of carbonyl (C=O) groups excluding carboxylic acids is 1. The Labute approximate surface area is 151 Å². The average Bonchev–Trinajstić information content (AvgIpc) is 2.58.